The van der Waals surface area contributed by atoms with Crippen LogP contribution in [0.15, 0.2) is 47.8 Å². The first-order chi connectivity index (χ1) is 7.17. The second kappa shape index (κ2) is 5.89. The van der Waals surface area contributed by atoms with Gasteiger partial charge in [-0.05, 0) is 12.2 Å². The van der Waals surface area contributed by atoms with Crippen molar-refractivity contribution >= 4 is 29.1 Å². The minimum atomic E-state index is -1.54. The van der Waals surface area contributed by atoms with Gasteiger partial charge in [0, 0.05) is 41.3 Å². The molecule has 2 unspecified atom stereocenters. The fraction of sp³-hybridized carbons (Fsp3) is 0.182. The summed E-state index contributed by atoms with van der Waals surface area (Å²) >= 11 is 0. The van der Waals surface area contributed by atoms with Gasteiger partial charge in [-0.2, -0.15) is 0 Å². The second-order valence-electron chi connectivity index (χ2n) is 2.77. The van der Waals surface area contributed by atoms with E-state index in [1.165, 1.54) is 0 Å². The third-order valence-electron chi connectivity index (χ3n) is 1.74. The van der Waals surface area contributed by atoms with E-state index in [2.05, 4.69) is 13.2 Å². The van der Waals surface area contributed by atoms with Gasteiger partial charge in [-0.15, -0.1) is 6.58 Å². The lowest BCUT2D eigenvalue weighted by Gasteiger charge is -2.34. The van der Waals surface area contributed by atoms with Crippen molar-refractivity contribution in [2.75, 3.05) is 11.5 Å². The van der Waals surface area contributed by atoms with Crippen LogP contribution in [0.3, 0.4) is 0 Å². The van der Waals surface area contributed by atoms with Crippen molar-refractivity contribution in [1.82, 2.24) is 0 Å². The van der Waals surface area contributed by atoms with Crippen LogP contribution >= 0.6 is 18.9 Å². The molecule has 0 bridgehead atoms. The molecule has 0 fully saturated rings. The molecule has 0 aromatic heterocycles. The average Bonchev–Trinajstić information content (AvgIpc) is 2.58. The Labute approximate surface area is 99.7 Å². The SMILES string of the molecule is [CH]C1=CC=CS1(SCC=C)[S+]([O-])CC=C. The molecule has 0 saturated heterocycles. The van der Waals surface area contributed by atoms with E-state index >= 15 is 0 Å². The van der Waals surface area contributed by atoms with Gasteiger partial charge in [-0.25, -0.2) is 0 Å². The summed E-state index contributed by atoms with van der Waals surface area (Å²) in [5.74, 6) is 1.25. The zero-order chi connectivity index (χ0) is 11.3. The van der Waals surface area contributed by atoms with Crippen molar-refractivity contribution in [3.63, 3.8) is 0 Å². The molecule has 1 aliphatic heterocycles. The molecular formula is C11H14OS3. The van der Waals surface area contributed by atoms with E-state index in [1.807, 2.05) is 23.6 Å². The summed E-state index contributed by atoms with van der Waals surface area (Å²) in [7, 11) is -0.899. The Morgan fingerprint density at radius 2 is 2.27 bits per heavy atom. The Morgan fingerprint density at radius 1 is 1.53 bits per heavy atom. The van der Waals surface area contributed by atoms with Gasteiger partial charge in [0.2, 0.25) is 0 Å². The molecule has 15 heavy (non-hydrogen) atoms. The van der Waals surface area contributed by atoms with Crippen LogP contribution in [0, 0.1) is 6.92 Å². The van der Waals surface area contributed by atoms with Crippen molar-refractivity contribution in [1.29, 1.82) is 0 Å². The molecule has 1 aliphatic rings. The first kappa shape index (κ1) is 13.0. The van der Waals surface area contributed by atoms with Gasteiger partial charge >= 0.3 is 0 Å². The van der Waals surface area contributed by atoms with E-state index in [0.29, 0.717) is 5.75 Å². The lowest BCUT2D eigenvalue weighted by Crippen LogP contribution is -2.11. The molecule has 1 nitrogen and oxygen atoms in total. The van der Waals surface area contributed by atoms with Crippen LogP contribution < -0.4 is 0 Å². The highest BCUT2D eigenvalue weighted by atomic mass is 33.6. The van der Waals surface area contributed by atoms with Crippen molar-refractivity contribution in [2.24, 2.45) is 0 Å². The Bertz CT molecular complexity index is 309. The predicted octanol–water partition coefficient (Wildman–Crippen LogP) is 3.60. The summed E-state index contributed by atoms with van der Waals surface area (Å²) in [5.41, 5.74) is 0. The van der Waals surface area contributed by atoms with Gasteiger partial charge in [0.15, 0.2) is 0 Å². The van der Waals surface area contributed by atoms with E-state index in [9.17, 15) is 4.55 Å². The quantitative estimate of drug-likeness (QED) is 0.413. The van der Waals surface area contributed by atoms with E-state index < -0.39 is 18.3 Å². The van der Waals surface area contributed by atoms with Gasteiger partial charge in [-0.3, -0.25) is 0 Å². The van der Waals surface area contributed by atoms with Crippen molar-refractivity contribution in [3.8, 4) is 0 Å². The summed E-state index contributed by atoms with van der Waals surface area (Å²) in [5, 5.41) is 1.98. The molecule has 0 spiro atoms. The maximum Gasteiger partial charge on any atom is 0.135 e. The molecule has 0 amide bonds. The van der Waals surface area contributed by atoms with E-state index in [1.54, 1.807) is 16.9 Å². The summed E-state index contributed by atoms with van der Waals surface area (Å²) in [4.78, 5) is 0.731. The van der Waals surface area contributed by atoms with Gasteiger partial charge in [0.05, 0.1) is 0 Å². The molecule has 1 heterocycles. The Balaban J connectivity index is 2.86. The Hall–Kier alpha value is -0.0300. The average molecular weight is 258 g/mol. The van der Waals surface area contributed by atoms with E-state index in [4.69, 9.17) is 6.92 Å². The van der Waals surface area contributed by atoms with E-state index in [0.717, 1.165) is 10.7 Å². The summed E-state index contributed by atoms with van der Waals surface area (Å²) in [6.07, 6.45) is 7.22. The highest BCUT2D eigenvalue weighted by Crippen LogP contribution is 2.73. The third kappa shape index (κ3) is 2.75. The van der Waals surface area contributed by atoms with Crippen LogP contribution in [-0.2, 0) is 10.2 Å². The van der Waals surface area contributed by atoms with Gasteiger partial charge < -0.3 is 4.55 Å². The molecule has 0 aliphatic carbocycles. The lowest BCUT2D eigenvalue weighted by molar-refractivity contribution is 0.612. The maximum absolute atomic E-state index is 12.1. The highest BCUT2D eigenvalue weighted by molar-refractivity contribution is 9.25. The lowest BCUT2D eigenvalue weighted by atomic mass is 10.5. The smallest absolute Gasteiger partial charge is 0.135 e. The van der Waals surface area contributed by atoms with Crippen molar-refractivity contribution in [2.45, 2.75) is 0 Å². The highest BCUT2D eigenvalue weighted by Gasteiger charge is 2.38. The molecule has 0 N–H and O–H groups in total. The minimum absolute atomic E-state index is 0.484. The fourth-order valence-corrected chi connectivity index (χ4v) is 9.61. The minimum Gasteiger partial charge on any atom is -0.605 e. The molecule has 0 aromatic rings. The normalized spacial score (nSPS) is 30.4. The summed E-state index contributed by atoms with van der Waals surface area (Å²) in [6.45, 7) is 13.2. The van der Waals surface area contributed by atoms with Crippen LogP contribution in [0.25, 0.3) is 0 Å². The van der Waals surface area contributed by atoms with Crippen LogP contribution in [0.1, 0.15) is 0 Å². The monoisotopic (exact) mass is 258 g/mol. The molecular weight excluding hydrogens is 244 g/mol. The maximum atomic E-state index is 12.1. The largest absolute Gasteiger partial charge is 0.605 e. The van der Waals surface area contributed by atoms with Gasteiger partial charge in [0.1, 0.15) is 5.75 Å². The Kier molecular flexibility index (Phi) is 5.12. The summed E-state index contributed by atoms with van der Waals surface area (Å²) in [6, 6.07) is 0. The van der Waals surface area contributed by atoms with Crippen LogP contribution in [-0.4, -0.2) is 16.1 Å². The number of allylic oxidation sites excluding steroid dienone is 3. The van der Waals surface area contributed by atoms with Crippen LogP contribution in [0.5, 0.6) is 0 Å². The van der Waals surface area contributed by atoms with Crippen molar-refractivity contribution in [3.05, 3.63) is 54.7 Å². The zero-order valence-corrected chi connectivity index (χ0v) is 10.9. The predicted molar refractivity (Wildman–Crippen MR) is 75.0 cm³/mol. The van der Waals surface area contributed by atoms with Crippen LogP contribution in [0.4, 0.5) is 0 Å². The first-order valence-electron chi connectivity index (χ1n) is 4.39. The third-order valence-corrected chi connectivity index (χ3v) is 12.4. The Morgan fingerprint density at radius 3 is 2.73 bits per heavy atom. The second-order valence-corrected chi connectivity index (χ2v) is 11.7. The zero-order valence-electron chi connectivity index (χ0n) is 8.43. The number of hydrogen-bond donors (Lipinski definition) is 0. The van der Waals surface area contributed by atoms with E-state index in [-0.39, 0.29) is 0 Å². The molecule has 1 rings (SSSR count). The molecule has 2 radical (unpaired) electrons. The number of rotatable bonds is 6. The molecule has 0 aromatic carbocycles. The first-order valence-corrected chi connectivity index (χ1v) is 9.43. The molecule has 4 heteroatoms. The van der Waals surface area contributed by atoms with Crippen LogP contribution in [0.2, 0.25) is 0 Å². The molecule has 2 atom stereocenters. The summed E-state index contributed by atoms with van der Waals surface area (Å²) < 4.78 is 12.1. The molecule has 82 valence electrons. The standard InChI is InChI=1S/C11H14OS3/c1-4-8-13-15(14(12)9-5-2)10-6-7-11(15)3/h3-7,10H,1-2,8-9H2. The van der Waals surface area contributed by atoms with Gasteiger partial charge in [0.25, 0.3) is 0 Å². The van der Waals surface area contributed by atoms with Gasteiger partial charge in [-0.1, -0.05) is 29.5 Å². The number of hydrogen-bond acceptors (Lipinski definition) is 2. The van der Waals surface area contributed by atoms with Crippen molar-refractivity contribution < 1.29 is 4.55 Å². The molecule has 0 saturated carbocycles. The topological polar surface area (TPSA) is 23.1 Å². The fourth-order valence-electron chi connectivity index (χ4n) is 1.09.